The molecule has 1 fully saturated rings. The number of rotatable bonds is 10. The molecule has 0 saturated carbocycles. The molecule has 1 aliphatic heterocycles. The summed E-state index contributed by atoms with van der Waals surface area (Å²) in [5, 5.41) is 0.600. The third kappa shape index (κ3) is 6.29. The summed E-state index contributed by atoms with van der Waals surface area (Å²) < 4.78 is 34.8. The van der Waals surface area contributed by atoms with Gasteiger partial charge in [-0.3, -0.25) is 9.69 Å². The van der Waals surface area contributed by atoms with Crippen LogP contribution in [-0.2, 0) is 10.0 Å². The van der Waals surface area contributed by atoms with E-state index in [-0.39, 0.29) is 10.8 Å². The Labute approximate surface area is 236 Å². The SMILES string of the molecule is CCN(CC)CCN(C(=O)c1ccc(S(=O)(=O)N2CC(C)CC(C)C2)cc1)c1nc2c(OC)ccc(C)c2s1. The minimum atomic E-state index is -3.62. The van der Waals surface area contributed by atoms with E-state index in [1.54, 1.807) is 40.6 Å². The van der Waals surface area contributed by atoms with Crippen molar-refractivity contribution in [3.8, 4) is 5.75 Å². The van der Waals surface area contributed by atoms with Crippen LogP contribution in [0.1, 0.15) is 50.0 Å². The number of hydrogen-bond donors (Lipinski definition) is 0. The highest BCUT2D eigenvalue weighted by Crippen LogP contribution is 2.37. The minimum Gasteiger partial charge on any atom is -0.494 e. The quantitative estimate of drug-likeness (QED) is 0.329. The predicted molar refractivity (Wildman–Crippen MR) is 159 cm³/mol. The van der Waals surface area contributed by atoms with Gasteiger partial charge in [-0.1, -0.05) is 45.1 Å². The lowest BCUT2D eigenvalue weighted by Crippen LogP contribution is -2.42. The van der Waals surface area contributed by atoms with Crippen LogP contribution in [0.25, 0.3) is 10.2 Å². The van der Waals surface area contributed by atoms with Crippen molar-refractivity contribution >= 4 is 42.6 Å². The molecule has 0 aliphatic carbocycles. The monoisotopic (exact) mass is 572 g/mol. The number of hydrogen-bond acceptors (Lipinski definition) is 7. The van der Waals surface area contributed by atoms with Crippen molar-refractivity contribution < 1.29 is 17.9 Å². The fourth-order valence-electron chi connectivity index (χ4n) is 5.32. The summed E-state index contributed by atoms with van der Waals surface area (Å²) in [6.45, 7) is 14.4. The van der Waals surface area contributed by atoms with Crippen LogP contribution in [0.3, 0.4) is 0 Å². The molecule has 0 spiro atoms. The van der Waals surface area contributed by atoms with Gasteiger partial charge in [0.1, 0.15) is 11.3 Å². The number of methoxy groups -OCH3 is 1. The topological polar surface area (TPSA) is 83.1 Å². The molecule has 2 heterocycles. The van der Waals surface area contributed by atoms with E-state index in [9.17, 15) is 13.2 Å². The fraction of sp³-hybridized carbons (Fsp3) is 0.517. The zero-order valence-electron chi connectivity index (χ0n) is 23.8. The second-order valence-electron chi connectivity index (χ2n) is 10.5. The van der Waals surface area contributed by atoms with Gasteiger partial charge < -0.3 is 9.64 Å². The smallest absolute Gasteiger partial charge is 0.260 e. The van der Waals surface area contributed by atoms with Crippen LogP contribution < -0.4 is 9.64 Å². The Balaban J connectivity index is 1.65. The number of anilines is 1. The average Bonchev–Trinajstić information content (AvgIpc) is 3.37. The van der Waals surface area contributed by atoms with Crippen molar-refractivity contribution in [3.05, 3.63) is 47.5 Å². The van der Waals surface area contributed by atoms with E-state index in [0.29, 0.717) is 54.5 Å². The number of fused-ring (bicyclic) bond motifs is 1. The molecule has 4 rings (SSSR count). The molecular formula is C29H40N4O4S2. The Morgan fingerprint density at radius 1 is 1.05 bits per heavy atom. The van der Waals surface area contributed by atoms with Crippen LogP contribution in [0.4, 0.5) is 5.13 Å². The largest absolute Gasteiger partial charge is 0.494 e. The number of thiazole rings is 1. The van der Waals surface area contributed by atoms with Crippen LogP contribution in [-0.4, -0.2) is 74.9 Å². The van der Waals surface area contributed by atoms with Gasteiger partial charge in [-0.15, -0.1) is 0 Å². The third-order valence-electron chi connectivity index (χ3n) is 7.50. The van der Waals surface area contributed by atoms with Crippen LogP contribution in [0.2, 0.25) is 0 Å². The number of benzene rings is 2. The summed E-state index contributed by atoms with van der Waals surface area (Å²) in [6.07, 6.45) is 1.03. The molecule has 3 aromatic rings. The molecule has 2 aromatic carbocycles. The number of aromatic nitrogens is 1. The molecule has 1 aliphatic rings. The average molecular weight is 573 g/mol. The molecule has 2 atom stereocenters. The van der Waals surface area contributed by atoms with E-state index in [0.717, 1.165) is 35.3 Å². The van der Waals surface area contributed by atoms with Crippen molar-refractivity contribution in [2.24, 2.45) is 11.8 Å². The number of carbonyl (C=O) groups is 1. The predicted octanol–water partition coefficient (Wildman–Crippen LogP) is 5.27. The molecule has 2 unspecified atom stereocenters. The third-order valence-corrected chi connectivity index (χ3v) is 10.6. The summed E-state index contributed by atoms with van der Waals surface area (Å²) in [4.78, 5) is 22.9. The zero-order valence-corrected chi connectivity index (χ0v) is 25.4. The number of aryl methyl sites for hydroxylation is 1. The van der Waals surface area contributed by atoms with Crippen LogP contribution >= 0.6 is 11.3 Å². The molecule has 1 saturated heterocycles. The van der Waals surface area contributed by atoms with Crippen LogP contribution in [0, 0.1) is 18.8 Å². The van der Waals surface area contributed by atoms with E-state index in [1.165, 1.54) is 11.3 Å². The molecule has 0 N–H and O–H groups in total. The van der Waals surface area contributed by atoms with Gasteiger partial charge in [0.05, 0.1) is 16.7 Å². The number of carbonyl (C=O) groups excluding carboxylic acids is 1. The van der Waals surface area contributed by atoms with Crippen LogP contribution in [0.5, 0.6) is 5.75 Å². The first-order chi connectivity index (χ1) is 18.6. The van der Waals surface area contributed by atoms with Crippen molar-refractivity contribution in [2.45, 2.75) is 45.9 Å². The Bertz CT molecular complexity index is 1390. The van der Waals surface area contributed by atoms with Gasteiger partial charge in [0.25, 0.3) is 5.91 Å². The molecule has 1 aromatic heterocycles. The van der Waals surface area contributed by atoms with Crippen molar-refractivity contribution in [1.29, 1.82) is 0 Å². The van der Waals surface area contributed by atoms with Gasteiger partial charge in [-0.2, -0.15) is 4.31 Å². The normalized spacial score (nSPS) is 18.5. The number of likely N-dealkylation sites (N-methyl/N-ethyl adjacent to an activating group) is 1. The van der Waals surface area contributed by atoms with E-state index in [2.05, 4.69) is 32.6 Å². The summed E-state index contributed by atoms with van der Waals surface area (Å²) in [6, 6.07) is 10.2. The van der Waals surface area contributed by atoms with Gasteiger partial charge in [0.2, 0.25) is 10.0 Å². The Morgan fingerprint density at radius 2 is 1.69 bits per heavy atom. The Hall–Kier alpha value is -2.53. The molecule has 0 radical (unpaired) electrons. The maximum Gasteiger partial charge on any atom is 0.260 e. The lowest BCUT2D eigenvalue weighted by atomic mass is 9.94. The number of ether oxygens (including phenoxy) is 1. The fourth-order valence-corrected chi connectivity index (χ4v) is 8.08. The van der Waals surface area contributed by atoms with Gasteiger partial charge in [0, 0.05) is 31.7 Å². The molecule has 8 nitrogen and oxygen atoms in total. The Kier molecular flexibility index (Phi) is 9.31. The van der Waals surface area contributed by atoms with E-state index < -0.39 is 10.0 Å². The second-order valence-corrected chi connectivity index (χ2v) is 13.5. The lowest BCUT2D eigenvalue weighted by molar-refractivity contribution is 0.0983. The van der Waals surface area contributed by atoms with Gasteiger partial charge in [-0.25, -0.2) is 13.4 Å². The summed E-state index contributed by atoms with van der Waals surface area (Å²) in [5.74, 6) is 1.10. The van der Waals surface area contributed by atoms with Crippen molar-refractivity contribution in [2.75, 3.05) is 51.3 Å². The first kappa shape index (κ1) is 29.5. The van der Waals surface area contributed by atoms with Crippen molar-refractivity contribution in [1.82, 2.24) is 14.2 Å². The minimum absolute atomic E-state index is 0.206. The molecule has 10 heteroatoms. The first-order valence-corrected chi connectivity index (χ1v) is 15.9. The molecular weight excluding hydrogens is 532 g/mol. The lowest BCUT2D eigenvalue weighted by Gasteiger charge is -2.34. The number of sulfonamides is 1. The summed E-state index contributed by atoms with van der Waals surface area (Å²) in [5.41, 5.74) is 2.24. The van der Waals surface area contributed by atoms with E-state index in [1.807, 2.05) is 19.1 Å². The van der Waals surface area contributed by atoms with Gasteiger partial charge >= 0.3 is 0 Å². The molecule has 1 amide bonds. The maximum atomic E-state index is 13.9. The Morgan fingerprint density at radius 3 is 2.28 bits per heavy atom. The summed E-state index contributed by atoms with van der Waals surface area (Å²) >= 11 is 1.47. The second kappa shape index (κ2) is 12.3. The molecule has 212 valence electrons. The highest BCUT2D eigenvalue weighted by molar-refractivity contribution is 7.89. The van der Waals surface area contributed by atoms with Crippen LogP contribution in [0.15, 0.2) is 41.3 Å². The summed E-state index contributed by atoms with van der Waals surface area (Å²) in [7, 11) is -2.00. The maximum absolute atomic E-state index is 13.9. The highest BCUT2D eigenvalue weighted by atomic mass is 32.2. The van der Waals surface area contributed by atoms with Crippen molar-refractivity contribution in [3.63, 3.8) is 0 Å². The molecule has 39 heavy (non-hydrogen) atoms. The highest BCUT2D eigenvalue weighted by Gasteiger charge is 2.32. The molecule has 0 bridgehead atoms. The number of nitrogens with zero attached hydrogens (tertiary/aromatic N) is 4. The first-order valence-electron chi connectivity index (χ1n) is 13.7. The zero-order chi connectivity index (χ0) is 28.3. The number of amides is 1. The van der Waals surface area contributed by atoms with E-state index in [4.69, 9.17) is 9.72 Å². The van der Waals surface area contributed by atoms with Gasteiger partial charge in [0.15, 0.2) is 5.13 Å². The number of piperidine rings is 1. The van der Waals surface area contributed by atoms with Gasteiger partial charge in [-0.05, 0) is 74.2 Å². The van der Waals surface area contributed by atoms with E-state index >= 15 is 0 Å². The standard InChI is InChI=1S/C29H40N4O4S2/c1-7-31(8-2)15-16-33(29-30-26-25(37-6)14-9-22(5)27(26)38-29)28(34)23-10-12-24(13-11-23)39(35,36)32-18-20(3)17-21(4)19-32/h9-14,20-21H,7-8,15-19H2,1-6H3.